The number of ether oxygens (including phenoxy) is 2. The second kappa shape index (κ2) is 4.89. The van der Waals surface area contributed by atoms with Crippen molar-refractivity contribution in [3.8, 4) is 0 Å². The maximum Gasteiger partial charge on any atom is 0.308 e. The molecule has 0 aromatic heterocycles. The van der Waals surface area contributed by atoms with Gasteiger partial charge in [0.05, 0.1) is 25.7 Å². The number of nitrogens with zero attached hydrogens (tertiary/aromatic N) is 1. The molecule has 3 atom stereocenters. The highest BCUT2D eigenvalue weighted by Crippen LogP contribution is 2.16. The normalized spacial score (nSPS) is 30.1. The van der Waals surface area contributed by atoms with Crippen molar-refractivity contribution in [3.63, 3.8) is 0 Å². The zero-order chi connectivity index (χ0) is 9.84. The minimum atomic E-state index is -0.211. The highest BCUT2D eigenvalue weighted by Gasteiger charge is 2.25. The highest BCUT2D eigenvalue weighted by molar-refractivity contribution is 7.13. The van der Waals surface area contributed by atoms with Gasteiger partial charge >= 0.3 is 5.97 Å². The first kappa shape index (κ1) is 10.9. The Kier molecular flexibility index (Phi) is 4.10. The van der Waals surface area contributed by atoms with Crippen molar-refractivity contribution >= 4 is 15.4 Å². The van der Waals surface area contributed by atoms with E-state index in [0.717, 1.165) is 13.1 Å². The molecule has 0 aromatic rings. The molecule has 0 N–H and O–H groups in total. The van der Waals surface area contributed by atoms with Gasteiger partial charge in [0.25, 0.3) is 0 Å². The second-order valence-corrected chi connectivity index (χ2v) is 4.03. The quantitative estimate of drug-likeness (QED) is 0.484. The van der Waals surface area contributed by atoms with E-state index in [9.17, 15) is 4.79 Å². The van der Waals surface area contributed by atoms with Crippen LogP contribution in [0.5, 0.6) is 0 Å². The van der Waals surface area contributed by atoms with Gasteiger partial charge in [-0.2, -0.15) is 0 Å². The van der Waals surface area contributed by atoms with E-state index in [1.165, 1.54) is 7.11 Å². The molecular formula is C8H16NO3P. The largest absolute Gasteiger partial charge is 0.469 e. The van der Waals surface area contributed by atoms with Crippen molar-refractivity contribution in [1.29, 1.82) is 0 Å². The Bertz CT molecular complexity index is 178. The van der Waals surface area contributed by atoms with Crippen LogP contribution in [0.25, 0.3) is 0 Å². The first-order valence-corrected chi connectivity index (χ1v) is 4.85. The third-order valence-electron chi connectivity index (χ3n) is 1.98. The molecule has 0 aliphatic carbocycles. The molecule has 0 bridgehead atoms. The minimum Gasteiger partial charge on any atom is -0.469 e. The van der Waals surface area contributed by atoms with Gasteiger partial charge in [0.1, 0.15) is 0 Å². The van der Waals surface area contributed by atoms with Gasteiger partial charge in [-0.1, -0.05) is 9.39 Å². The summed E-state index contributed by atoms with van der Waals surface area (Å²) >= 11 is 0. The van der Waals surface area contributed by atoms with E-state index in [1.807, 2.05) is 6.92 Å². The fourth-order valence-electron chi connectivity index (χ4n) is 1.46. The van der Waals surface area contributed by atoms with Crippen molar-refractivity contribution < 1.29 is 14.3 Å². The first-order valence-electron chi connectivity index (χ1n) is 4.33. The van der Waals surface area contributed by atoms with Crippen LogP contribution in [-0.4, -0.2) is 43.0 Å². The lowest BCUT2D eigenvalue weighted by molar-refractivity contribution is -0.146. The van der Waals surface area contributed by atoms with Crippen LogP contribution in [0, 0.1) is 0 Å². The number of carbonyl (C=O) groups excluding carboxylic acids is 1. The molecule has 3 unspecified atom stereocenters. The summed E-state index contributed by atoms with van der Waals surface area (Å²) in [6, 6.07) is 0. The lowest BCUT2D eigenvalue weighted by atomic mass is 10.2. The van der Waals surface area contributed by atoms with E-state index >= 15 is 0 Å². The van der Waals surface area contributed by atoms with Gasteiger partial charge in [-0.15, -0.1) is 0 Å². The Morgan fingerprint density at radius 3 is 2.92 bits per heavy atom. The molecule has 0 aromatic carbocycles. The van der Waals surface area contributed by atoms with Crippen molar-refractivity contribution in [1.82, 2.24) is 4.67 Å². The average molecular weight is 205 g/mol. The monoisotopic (exact) mass is 205 g/mol. The zero-order valence-electron chi connectivity index (χ0n) is 8.03. The van der Waals surface area contributed by atoms with E-state index in [-0.39, 0.29) is 18.2 Å². The standard InChI is InChI=1S/C8H16NO3P/c1-6-4-9(13)5-7(12-6)3-8(10)11-2/h6-7H,3-5,13H2,1-2H3. The average Bonchev–Trinajstić information content (AvgIpc) is 2.02. The van der Waals surface area contributed by atoms with Crippen LogP contribution in [0.4, 0.5) is 0 Å². The van der Waals surface area contributed by atoms with Gasteiger partial charge in [0.2, 0.25) is 0 Å². The van der Waals surface area contributed by atoms with E-state index in [2.05, 4.69) is 18.8 Å². The molecule has 1 fully saturated rings. The molecule has 0 spiro atoms. The molecule has 0 radical (unpaired) electrons. The van der Waals surface area contributed by atoms with Crippen molar-refractivity contribution in [2.75, 3.05) is 20.2 Å². The zero-order valence-corrected chi connectivity index (χ0v) is 9.18. The van der Waals surface area contributed by atoms with Gasteiger partial charge < -0.3 is 9.47 Å². The van der Waals surface area contributed by atoms with Gasteiger partial charge in [-0.3, -0.25) is 9.46 Å². The lowest BCUT2D eigenvalue weighted by Crippen LogP contribution is -2.42. The van der Waals surface area contributed by atoms with Crippen molar-refractivity contribution in [2.24, 2.45) is 0 Å². The molecule has 4 nitrogen and oxygen atoms in total. The summed E-state index contributed by atoms with van der Waals surface area (Å²) in [5, 5.41) is 0. The van der Waals surface area contributed by atoms with Gasteiger partial charge in [-0.05, 0) is 6.92 Å². The van der Waals surface area contributed by atoms with Gasteiger partial charge in [-0.25, -0.2) is 0 Å². The lowest BCUT2D eigenvalue weighted by Gasteiger charge is -2.33. The summed E-state index contributed by atoms with van der Waals surface area (Å²) in [7, 11) is 4.03. The maximum atomic E-state index is 11.0. The summed E-state index contributed by atoms with van der Waals surface area (Å²) in [5.74, 6) is -0.211. The molecule has 13 heavy (non-hydrogen) atoms. The Morgan fingerprint density at radius 1 is 1.69 bits per heavy atom. The van der Waals surface area contributed by atoms with Gasteiger partial charge in [0.15, 0.2) is 0 Å². The predicted molar refractivity (Wildman–Crippen MR) is 52.3 cm³/mol. The van der Waals surface area contributed by atoms with E-state index in [4.69, 9.17) is 4.74 Å². The fourth-order valence-corrected chi connectivity index (χ4v) is 1.99. The Hall–Kier alpha value is -0.180. The Morgan fingerprint density at radius 2 is 2.38 bits per heavy atom. The number of carbonyl (C=O) groups is 1. The Balaban J connectivity index is 2.37. The predicted octanol–water partition coefficient (Wildman–Crippen LogP) is 0.429. The number of esters is 1. The van der Waals surface area contributed by atoms with Crippen LogP contribution in [-0.2, 0) is 14.3 Å². The molecule has 0 amide bonds. The third-order valence-corrected chi connectivity index (χ3v) is 2.40. The van der Waals surface area contributed by atoms with E-state index in [1.54, 1.807) is 0 Å². The highest BCUT2D eigenvalue weighted by atomic mass is 31.0. The number of rotatable bonds is 2. The SMILES string of the molecule is COC(=O)CC1CN(P)CC(C)O1. The first-order chi connectivity index (χ1) is 6.11. The van der Waals surface area contributed by atoms with Gasteiger partial charge in [0, 0.05) is 13.1 Å². The molecule has 1 aliphatic heterocycles. The van der Waals surface area contributed by atoms with Crippen LogP contribution in [0.3, 0.4) is 0 Å². The Labute approximate surface area is 80.8 Å². The van der Waals surface area contributed by atoms with Crippen LogP contribution in [0.15, 0.2) is 0 Å². The minimum absolute atomic E-state index is 0.0336. The number of morpholine rings is 1. The molecule has 1 rings (SSSR count). The van der Waals surface area contributed by atoms with E-state index < -0.39 is 0 Å². The van der Waals surface area contributed by atoms with E-state index in [0.29, 0.717) is 6.42 Å². The summed E-state index contributed by atoms with van der Waals surface area (Å²) in [5.41, 5.74) is 0. The van der Waals surface area contributed by atoms with Crippen molar-refractivity contribution in [3.05, 3.63) is 0 Å². The molecule has 76 valence electrons. The second-order valence-electron chi connectivity index (χ2n) is 3.30. The summed E-state index contributed by atoms with van der Waals surface area (Å²) < 4.78 is 12.2. The summed E-state index contributed by atoms with van der Waals surface area (Å²) in [6.07, 6.45) is 0.487. The molecule has 1 heterocycles. The molecule has 1 aliphatic rings. The molecule has 1 saturated heterocycles. The summed E-state index contributed by atoms with van der Waals surface area (Å²) in [4.78, 5) is 11.0. The maximum absolute atomic E-state index is 11.0. The molecule has 0 saturated carbocycles. The summed E-state index contributed by atoms with van der Waals surface area (Å²) in [6.45, 7) is 3.66. The van der Waals surface area contributed by atoms with Crippen LogP contribution < -0.4 is 0 Å². The van der Waals surface area contributed by atoms with Crippen LogP contribution in [0.2, 0.25) is 0 Å². The third kappa shape index (κ3) is 3.59. The van der Waals surface area contributed by atoms with Crippen molar-refractivity contribution in [2.45, 2.75) is 25.6 Å². The topological polar surface area (TPSA) is 38.8 Å². The smallest absolute Gasteiger partial charge is 0.308 e. The van der Waals surface area contributed by atoms with Crippen LogP contribution >= 0.6 is 9.39 Å². The fraction of sp³-hybridized carbons (Fsp3) is 0.875. The number of hydrogen-bond donors (Lipinski definition) is 0. The molecular weight excluding hydrogens is 189 g/mol. The number of hydrogen-bond acceptors (Lipinski definition) is 4. The van der Waals surface area contributed by atoms with Crippen LogP contribution in [0.1, 0.15) is 13.3 Å². The number of methoxy groups -OCH3 is 1. The molecule has 5 heteroatoms.